The summed E-state index contributed by atoms with van der Waals surface area (Å²) in [4.78, 5) is 11.5. The van der Waals surface area contributed by atoms with Crippen molar-refractivity contribution in [1.82, 2.24) is 5.32 Å². The Morgan fingerprint density at radius 3 is 2.80 bits per heavy atom. The largest absolute Gasteiger partial charge is 0.394 e. The number of nitrogens with one attached hydrogen (secondary N) is 1. The van der Waals surface area contributed by atoms with E-state index in [1.165, 1.54) is 7.11 Å². The summed E-state index contributed by atoms with van der Waals surface area (Å²) >= 11 is 1.65. The van der Waals surface area contributed by atoms with Gasteiger partial charge in [-0.05, 0) is 18.4 Å². The molecule has 4 N–H and O–H groups in total. The summed E-state index contributed by atoms with van der Waals surface area (Å²) in [5.74, 6) is 0.614. The molecule has 6 heteroatoms. The zero-order chi connectivity index (χ0) is 11.7. The van der Waals surface area contributed by atoms with Crippen molar-refractivity contribution in [2.75, 3.05) is 32.3 Å². The van der Waals surface area contributed by atoms with Crippen LogP contribution in [0.5, 0.6) is 0 Å². The van der Waals surface area contributed by atoms with Crippen molar-refractivity contribution in [2.24, 2.45) is 5.73 Å². The van der Waals surface area contributed by atoms with Gasteiger partial charge < -0.3 is 20.9 Å². The maximum atomic E-state index is 11.5. The number of thioether (sulfide) groups is 1. The smallest absolute Gasteiger partial charge is 0.237 e. The molecule has 0 fully saturated rings. The van der Waals surface area contributed by atoms with E-state index < -0.39 is 6.04 Å². The van der Waals surface area contributed by atoms with Gasteiger partial charge in [-0.25, -0.2) is 0 Å². The first-order valence-corrected chi connectivity index (χ1v) is 6.19. The average molecular weight is 236 g/mol. The first-order chi connectivity index (χ1) is 7.15. The zero-order valence-corrected chi connectivity index (χ0v) is 10.0. The van der Waals surface area contributed by atoms with Crippen LogP contribution in [0.1, 0.15) is 6.42 Å². The number of carbonyl (C=O) groups is 1. The van der Waals surface area contributed by atoms with E-state index in [9.17, 15) is 4.79 Å². The third-order valence-corrected chi connectivity index (χ3v) is 2.55. The van der Waals surface area contributed by atoms with Crippen LogP contribution in [-0.2, 0) is 9.53 Å². The van der Waals surface area contributed by atoms with E-state index in [-0.39, 0.29) is 25.2 Å². The molecule has 2 atom stereocenters. The fraction of sp³-hybridized carbons (Fsp3) is 0.889. The predicted molar refractivity (Wildman–Crippen MR) is 61.9 cm³/mol. The molecule has 0 aliphatic rings. The molecule has 0 aromatic rings. The summed E-state index contributed by atoms with van der Waals surface area (Å²) in [6, 6.07) is -0.883. The molecule has 5 nitrogen and oxygen atoms in total. The number of nitrogens with two attached hydrogens (primary N) is 1. The predicted octanol–water partition coefficient (Wildman–Crippen LogP) is -0.810. The Labute approximate surface area is 94.7 Å². The minimum absolute atomic E-state index is 0.144. The quantitative estimate of drug-likeness (QED) is 0.513. The molecular formula is C9H20N2O3S. The summed E-state index contributed by atoms with van der Waals surface area (Å²) < 4.78 is 4.84. The Morgan fingerprint density at radius 2 is 2.33 bits per heavy atom. The van der Waals surface area contributed by atoms with Gasteiger partial charge in [0.2, 0.25) is 5.91 Å². The highest BCUT2D eigenvalue weighted by atomic mass is 32.2. The van der Waals surface area contributed by atoms with Crippen LogP contribution >= 0.6 is 11.8 Å². The van der Waals surface area contributed by atoms with E-state index in [0.29, 0.717) is 6.42 Å². The molecule has 90 valence electrons. The van der Waals surface area contributed by atoms with Crippen molar-refractivity contribution in [1.29, 1.82) is 0 Å². The second-order valence-corrected chi connectivity index (χ2v) is 4.22. The molecule has 0 saturated carbocycles. The third-order valence-electron chi connectivity index (χ3n) is 1.90. The number of methoxy groups -OCH3 is 1. The molecule has 15 heavy (non-hydrogen) atoms. The summed E-state index contributed by atoms with van der Waals surface area (Å²) in [7, 11) is 1.52. The number of amides is 1. The van der Waals surface area contributed by atoms with E-state index in [0.717, 1.165) is 5.75 Å². The minimum Gasteiger partial charge on any atom is -0.394 e. The second kappa shape index (κ2) is 8.96. The van der Waals surface area contributed by atoms with E-state index in [1.54, 1.807) is 11.8 Å². The standard InChI is InChI=1S/C9H20N2O3S/c1-14-6-7(5-12)11-9(13)8(10)3-4-15-2/h7-8,12H,3-6,10H2,1-2H3,(H,11,13)/t7?,8-/m1/s1. The molecule has 0 radical (unpaired) electrons. The van der Waals surface area contributed by atoms with Gasteiger partial charge in [0.25, 0.3) is 0 Å². The fourth-order valence-electron chi connectivity index (χ4n) is 1.03. The summed E-state index contributed by atoms with van der Waals surface area (Å²) in [5.41, 5.74) is 5.65. The number of rotatable bonds is 8. The SMILES string of the molecule is COCC(CO)NC(=O)[C@H](N)CCSC. The second-order valence-electron chi connectivity index (χ2n) is 3.23. The van der Waals surface area contributed by atoms with Gasteiger partial charge in [0.1, 0.15) is 0 Å². The fourth-order valence-corrected chi connectivity index (χ4v) is 1.51. The molecular weight excluding hydrogens is 216 g/mol. The highest BCUT2D eigenvalue weighted by Gasteiger charge is 2.16. The Morgan fingerprint density at radius 1 is 1.67 bits per heavy atom. The third kappa shape index (κ3) is 6.72. The maximum absolute atomic E-state index is 11.5. The van der Waals surface area contributed by atoms with Crippen molar-refractivity contribution in [3.8, 4) is 0 Å². The number of hydrogen-bond donors (Lipinski definition) is 3. The molecule has 1 amide bonds. The molecule has 0 saturated heterocycles. The number of carbonyl (C=O) groups excluding carboxylic acids is 1. The molecule has 0 aromatic carbocycles. The van der Waals surface area contributed by atoms with Gasteiger partial charge in [0.15, 0.2) is 0 Å². The van der Waals surface area contributed by atoms with E-state index in [4.69, 9.17) is 15.6 Å². The van der Waals surface area contributed by atoms with Crippen LogP contribution in [0.4, 0.5) is 0 Å². The summed E-state index contributed by atoms with van der Waals surface area (Å²) in [5, 5.41) is 11.6. The van der Waals surface area contributed by atoms with Crippen LogP contribution < -0.4 is 11.1 Å². The zero-order valence-electron chi connectivity index (χ0n) is 9.23. The van der Waals surface area contributed by atoms with Crippen LogP contribution in [0.15, 0.2) is 0 Å². The summed E-state index contributed by atoms with van der Waals surface area (Å²) in [6.07, 6.45) is 2.60. The highest BCUT2D eigenvalue weighted by molar-refractivity contribution is 7.98. The lowest BCUT2D eigenvalue weighted by molar-refractivity contribution is -0.123. The van der Waals surface area contributed by atoms with Gasteiger partial charge >= 0.3 is 0 Å². The Hall–Kier alpha value is -0.300. The van der Waals surface area contributed by atoms with Crippen molar-refractivity contribution >= 4 is 17.7 Å². The van der Waals surface area contributed by atoms with Gasteiger partial charge in [0.05, 0.1) is 25.3 Å². The monoisotopic (exact) mass is 236 g/mol. The summed E-state index contributed by atoms with van der Waals surface area (Å²) in [6.45, 7) is 0.145. The molecule has 0 bridgehead atoms. The van der Waals surface area contributed by atoms with E-state index >= 15 is 0 Å². The molecule has 0 rings (SSSR count). The van der Waals surface area contributed by atoms with Crippen molar-refractivity contribution < 1.29 is 14.6 Å². The van der Waals surface area contributed by atoms with Crippen molar-refractivity contribution in [2.45, 2.75) is 18.5 Å². The molecule has 1 unspecified atom stereocenters. The average Bonchev–Trinajstić information content (AvgIpc) is 2.24. The lowest BCUT2D eigenvalue weighted by Crippen LogP contribution is -2.48. The minimum atomic E-state index is -0.511. The van der Waals surface area contributed by atoms with Crippen LogP contribution in [0.2, 0.25) is 0 Å². The maximum Gasteiger partial charge on any atom is 0.237 e. The first kappa shape index (κ1) is 14.7. The topological polar surface area (TPSA) is 84.6 Å². The highest BCUT2D eigenvalue weighted by Crippen LogP contribution is 1.99. The van der Waals surface area contributed by atoms with Gasteiger partial charge in [0, 0.05) is 7.11 Å². The molecule has 0 spiro atoms. The van der Waals surface area contributed by atoms with Crippen LogP contribution in [0, 0.1) is 0 Å². The lowest BCUT2D eigenvalue weighted by Gasteiger charge is -2.18. The molecule has 0 aromatic heterocycles. The Bertz CT molecular complexity index is 181. The lowest BCUT2D eigenvalue weighted by atomic mass is 10.2. The molecule has 0 heterocycles. The van der Waals surface area contributed by atoms with Gasteiger partial charge in [-0.15, -0.1) is 0 Å². The van der Waals surface area contributed by atoms with Crippen LogP contribution in [0.25, 0.3) is 0 Å². The van der Waals surface area contributed by atoms with Gasteiger partial charge in [-0.1, -0.05) is 0 Å². The van der Waals surface area contributed by atoms with E-state index in [1.807, 2.05) is 6.26 Å². The Balaban J connectivity index is 3.87. The normalized spacial score (nSPS) is 14.7. The number of aliphatic hydroxyl groups excluding tert-OH is 1. The Kier molecular flexibility index (Phi) is 8.79. The van der Waals surface area contributed by atoms with Crippen molar-refractivity contribution in [3.63, 3.8) is 0 Å². The van der Waals surface area contributed by atoms with Crippen LogP contribution in [-0.4, -0.2) is 55.4 Å². The molecule has 0 aliphatic carbocycles. The first-order valence-electron chi connectivity index (χ1n) is 4.80. The molecule has 0 aliphatic heterocycles. The number of aliphatic hydroxyl groups is 1. The number of ether oxygens (including phenoxy) is 1. The van der Waals surface area contributed by atoms with Crippen LogP contribution in [0.3, 0.4) is 0 Å². The van der Waals surface area contributed by atoms with E-state index in [2.05, 4.69) is 5.32 Å². The number of hydrogen-bond acceptors (Lipinski definition) is 5. The van der Waals surface area contributed by atoms with Gasteiger partial charge in [-0.2, -0.15) is 11.8 Å². The van der Waals surface area contributed by atoms with Gasteiger partial charge in [-0.3, -0.25) is 4.79 Å². The van der Waals surface area contributed by atoms with Crippen molar-refractivity contribution in [3.05, 3.63) is 0 Å².